The molecule has 3 nitrogen and oxygen atoms in total. The molecule has 0 aromatic carbocycles. The third kappa shape index (κ3) is 2.33. The first-order valence-electron chi connectivity index (χ1n) is 5.97. The zero-order valence-electron chi connectivity index (χ0n) is 10.3. The molecule has 0 saturated heterocycles. The number of hydrogen-bond donors (Lipinski definition) is 1. The van der Waals surface area contributed by atoms with Crippen LogP contribution in [0.3, 0.4) is 0 Å². The molecule has 1 aliphatic rings. The molecule has 0 unspecified atom stereocenters. The Labute approximate surface area is 106 Å². The van der Waals surface area contributed by atoms with Crippen molar-refractivity contribution in [1.82, 2.24) is 15.1 Å². The van der Waals surface area contributed by atoms with Crippen LogP contribution in [0.2, 0.25) is 0 Å². The largest absolute Gasteiger partial charge is 0.311 e. The second kappa shape index (κ2) is 4.49. The molecule has 0 atom stereocenters. The fraction of sp³-hybridized carbons (Fsp3) is 0.750. The van der Waals surface area contributed by atoms with Crippen molar-refractivity contribution >= 4 is 15.9 Å². The van der Waals surface area contributed by atoms with Gasteiger partial charge in [0, 0.05) is 20.1 Å². The zero-order chi connectivity index (χ0) is 11.8. The van der Waals surface area contributed by atoms with E-state index in [1.54, 1.807) is 0 Å². The van der Waals surface area contributed by atoms with Crippen LogP contribution in [-0.2, 0) is 13.6 Å². The Morgan fingerprint density at radius 3 is 2.62 bits per heavy atom. The zero-order valence-corrected chi connectivity index (χ0v) is 11.9. The molecular weight excluding hydrogens is 266 g/mol. The van der Waals surface area contributed by atoms with Gasteiger partial charge in [0.05, 0.1) is 15.9 Å². The Kier molecular flexibility index (Phi) is 3.40. The standard InChI is InChI=1S/C12H20BrN3/c1-4-12(5-6-12)8-14-7-10-11(13)9(2)15-16(10)3/h14H,4-8H2,1-3H3. The monoisotopic (exact) mass is 285 g/mol. The number of nitrogens with one attached hydrogen (secondary N) is 1. The Balaban J connectivity index is 1.90. The number of hydrogen-bond acceptors (Lipinski definition) is 2. The molecule has 0 spiro atoms. The van der Waals surface area contributed by atoms with Crippen molar-refractivity contribution in [3.8, 4) is 0 Å². The first kappa shape index (κ1) is 12.1. The fourth-order valence-corrected chi connectivity index (χ4v) is 2.63. The quantitative estimate of drug-likeness (QED) is 0.902. The molecular formula is C12H20BrN3. The van der Waals surface area contributed by atoms with Gasteiger partial charge >= 0.3 is 0 Å². The molecule has 90 valence electrons. The van der Waals surface area contributed by atoms with Gasteiger partial charge in [-0.2, -0.15) is 5.10 Å². The summed E-state index contributed by atoms with van der Waals surface area (Å²) in [6.07, 6.45) is 4.08. The van der Waals surface area contributed by atoms with Crippen LogP contribution >= 0.6 is 15.9 Å². The van der Waals surface area contributed by atoms with Crippen molar-refractivity contribution in [2.75, 3.05) is 6.54 Å². The molecule has 0 aliphatic heterocycles. The van der Waals surface area contributed by atoms with Gasteiger partial charge in [-0.05, 0) is 47.5 Å². The number of aryl methyl sites for hydroxylation is 2. The molecule has 4 heteroatoms. The van der Waals surface area contributed by atoms with Gasteiger partial charge in [-0.3, -0.25) is 4.68 Å². The highest BCUT2D eigenvalue weighted by Crippen LogP contribution is 2.47. The van der Waals surface area contributed by atoms with Gasteiger partial charge in [-0.25, -0.2) is 0 Å². The molecule has 1 aliphatic carbocycles. The molecule has 1 heterocycles. The molecule has 0 radical (unpaired) electrons. The smallest absolute Gasteiger partial charge is 0.0739 e. The lowest BCUT2D eigenvalue weighted by Crippen LogP contribution is -2.24. The van der Waals surface area contributed by atoms with Gasteiger partial charge in [0.25, 0.3) is 0 Å². The van der Waals surface area contributed by atoms with Gasteiger partial charge in [-0.1, -0.05) is 6.92 Å². The molecule has 1 saturated carbocycles. The van der Waals surface area contributed by atoms with Crippen LogP contribution in [0.5, 0.6) is 0 Å². The highest BCUT2D eigenvalue weighted by atomic mass is 79.9. The molecule has 2 rings (SSSR count). The average Bonchev–Trinajstić information content (AvgIpc) is 2.99. The van der Waals surface area contributed by atoms with Gasteiger partial charge < -0.3 is 5.32 Å². The van der Waals surface area contributed by atoms with Crippen molar-refractivity contribution in [2.45, 2.75) is 39.7 Å². The van der Waals surface area contributed by atoms with Gasteiger partial charge in [0.15, 0.2) is 0 Å². The second-order valence-electron chi connectivity index (χ2n) is 4.93. The minimum atomic E-state index is 0.611. The van der Waals surface area contributed by atoms with Crippen LogP contribution < -0.4 is 5.32 Å². The summed E-state index contributed by atoms with van der Waals surface area (Å²) in [6.45, 7) is 6.36. The van der Waals surface area contributed by atoms with E-state index in [1.165, 1.54) is 25.0 Å². The van der Waals surface area contributed by atoms with E-state index in [0.29, 0.717) is 5.41 Å². The predicted molar refractivity (Wildman–Crippen MR) is 69.3 cm³/mol. The van der Waals surface area contributed by atoms with E-state index in [0.717, 1.165) is 23.3 Å². The predicted octanol–water partition coefficient (Wildman–Crippen LogP) is 2.77. The summed E-state index contributed by atoms with van der Waals surface area (Å²) < 4.78 is 3.10. The summed E-state index contributed by atoms with van der Waals surface area (Å²) in [5.41, 5.74) is 2.92. The molecule has 1 aromatic heterocycles. The lowest BCUT2D eigenvalue weighted by molar-refractivity contribution is 0.438. The van der Waals surface area contributed by atoms with E-state index in [2.05, 4.69) is 33.3 Å². The molecule has 1 fully saturated rings. The van der Waals surface area contributed by atoms with Crippen molar-refractivity contribution in [2.24, 2.45) is 12.5 Å². The average molecular weight is 286 g/mol. The minimum absolute atomic E-state index is 0.611. The van der Waals surface area contributed by atoms with E-state index < -0.39 is 0 Å². The van der Waals surface area contributed by atoms with E-state index in [9.17, 15) is 0 Å². The topological polar surface area (TPSA) is 29.9 Å². The van der Waals surface area contributed by atoms with E-state index >= 15 is 0 Å². The Morgan fingerprint density at radius 2 is 2.19 bits per heavy atom. The highest BCUT2D eigenvalue weighted by molar-refractivity contribution is 9.10. The number of nitrogens with zero attached hydrogens (tertiary/aromatic N) is 2. The summed E-state index contributed by atoms with van der Waals surface area (Å²) >= 11 is 3.59. The molecule has 1 aromatic rings. The van der Waals surface area contributed by atoms with E-state index in [4.69, 9.17) is 0 Å². The Bertz CT molecular complexity index is 380. The Hall–Kier alpha value is -0.350. The normalized spacial score (nSPS) is 17.8. The van der Waals surface area contributed by atoms with Crippen LogP contribution in [-0.4, -0.2) is 16.3 Å². The number of rotatable bonds is 5. The van der Waals surface area contributed by atoms with E-state index in [-0.39, 0.29) is 0 Å². The SMILES string of the molecule is CCC1(CNCc2c(Br)c(C)nn2C)CC1. The maximum atomic E-state index is 4.39. The van der Waals surface area contributed by atoms with Gasteiger partial charge in [-0.15, -0.1) is 0 Å². The summed E-state index contributed by atoms with van der Waals surface area (Å²) in [5.74, 6) is 0. The Morgan fingerprint density at radius 1 is 1.50 bits per heavy atom. The summed E-state index contributed by atoms with van der Waals surface area (Å²) in [7, 11) is 2.00. The van der Waals surface area contributed by atoms with E-state index in [1.807, 2.05) is 18.7 Å². The van der Waals surface area contributed by atoms with Crippen LogP contribution in [0.25, 0.3) is 0 Å². The van der Waals surface area contributed by atoms with Crippen molar-refractivity contribution in [1.29, 1.82) is 0 Å². The molecule has 16 heavy (non-hydrogen) atoms. The van der Waals surface area contributed by atoms with Gasteiger partial charge in [0.1, 0.15) is 0 Å². The fourth-order valence-electron chi connectivity index (χ4n) is 2.15. The second-order valence-corrected chi connectivity index (χ2v) is 5.72. The van der Waals surface area contributed by atoms with Crippen LogP contribution in [0, 0.1) is 12.3 Å². The van der Waals surface area contributed by atoms with Crippen molar-refractivity contribution in [3.63, 3.8) is 0 Å². The summed E-state index contributed by atoms with van der Waals surface area (Å²) in [5, 5.41) is 7.95. The third-order valence-corrected chi connectivity index (χ3v) is 4.79. The van der Waals surface area contributed by atoms with Crippen molar-refractivity contribution < 1.29 is 0 Å². The van der Waals surface area contributed by atoms with Crippen LogP contribution in [0.15, 0.2) is 4.47 Å². The van der Waals surface area contributed by atoms with Gasteiger partial charge in [0.2, 0.25) is 0 Å². The molecule has 1 N–H and O–H groups in total. The minimum Gasteiger partial charge on any atom is -0.311 e. The first-order chi connectivity index (χ1) is 7.58. The lowest BCUT2D eigenvalue weighted by atomic mass is 10.0. The van der Waals surface area contributed by atoms with Crippen LogP contribution in [0.4, 0.5) is 0 Å². The lowest BCUT2D eigenvalue weighted by Gasteiger charge is -2.13. The molecule has 0 amide bonds. The van der Waals surface area contributed by atoms with Crippen LogP contribution in [0.1, 0.15) is 37.6 Å². The van der Waals surface area contributed by atoms with Crippen molar-refractivity contribution in [3.05, 3.63) is 15.9 Å². The molecule has 0 bridgehead atoms. The highest BCUT2D eigenvalue weighted by Gasteiger charge is 2.39. The first-order valence-corrected chi connectivity index (χ1v) is 6.76. The maximum absolute atomic E-state index is 4.39. The third-order valence-electron chi connectivity index (χ3n) is 3.76. The maximum Gasteiger partial charge on any atom is 0.0739 e. The number of halogens is 1. The summed E-state index contributed by atoms with van der Waals surface area (Å²) in [4.78, 5) is 0. The number of aromatic nitrogens is 2. The summed E-state index contributed by atoms with van der Waals surface area (Å²) in [6, 6.07) is 0.